The topological polar surface area (TPSA) is 54.5 Å². The van der Waals surface area contributed by atoms with Crippen LogP contribution in [0.3, 0.4) is 0 Å². The Morgan fingerprint density at radius 1 is 1.04 bits per heavy atom. The Bertz CT molecular complexity index is 620. The van der Waals surface area contributed by atoms with Gasteiger partial charge in [0.25, 0.3) is 5.91 Å². The lowest BCUT2D eigenvalue weighted by molar-refractivity contribution is 0.0767. The number of aromatic nitrogens is 1. The van der Waals surface area contributed by atoms with Crippen LogP contribution in [0.25, 0.3) is 0 Å². The number of nitrogens with zero attached hydrogens (tertiary/aromatic N) is 2. The maximum atomic E-state index is 12.2. The summed E-state index contributed by atoms with van der Waals surface area (Å²) in [5.74, 6) is 0.805. The van der Waals surface area contributed by atoms with Crippen molar-refractivity contribution in [3.8, 4) is 5.75 Å². The van der Waals surface area contributed by atoms with Crippen LogP contribution in [-0.2, 0) is 0 Å². The molecule has 1 N–H and O–H groups in total. The lowest BCUT2D eigenvalue weighted by Gasteiger charge is -2.18. The van der Waals surface area contributed by atoms with Gasteiger partial charge in [-0.25, -0.2) is 4.98 Å². The standard InChI is InChI=1S/C18H23N3O2/c1-4-21(5-2)18(22)17-12-9-15(13-19-17)20-14-7-10-16(11-8-14)23-6-3/h7-13,20H,4-6H2,1-3H3. The molecule has 1 heterocycles. The number of pyridine rings is 1. The predicted octanol–water partition coefficient (Wildman–Crippen LogP) is 3.71. The zero-order valence-corrected chi connectivity index (χ0v) is 13.9. The van der Waals surface area contributed by atoms with Crippen LogP contribution in [0, 0.1) is 0 Å². The summed E-state index contributed by atoms with van der Waals surface area (Å²) in [5.41, 5.74) is 2.24. The van der Waals surface area contributed by atoms with E-state index in [1.807, 2.05) is 51.1 Å². The van der Waals surface area contributed by atoms with E-state index in [1.165, 1.54) is 0 Å². The average molecular weight is 313 g/mol. The van der Waals surface area contributed by atoms with Crippen LogP contribution < -0.4 is 10.1 Å². The summed E-state index contributed by atoms with van der Waals surface area (Å²) in [6.45, 7) is 7.90. The second-order valence-corrected chi connectivity index (χ2v) is 4.99. The van der Waals surface area contributed by atoms with Crippen LogP contribution in [-0.4, -0.2) is 35.5 Å². The lowest BCUT2D eigenvalue weighted by atomic mass is 10.2. The Balaban J connectivity index is 2.03. The van der Waals surface area contributed by atoms with Gasteiger partial charge in [-0.05, 0) is 57.2 Å². The smallest absolute Gasteiger partial charge is 0.272 e. The minimum absolute atomic E-state index is 0.0392. The molecule has 0 bridgehead atoms. The number of carbonyl (C=O) groups is 1. The predicted molar refractivity (Wildman–Crippen MR) is 92.4 cm³/mol. The molecule has 1 aromatic heterocycles. The van der Waals surface area contributed by atoms with Crippen LogP contribution in [0.5, 0.6) is 5.75 Å². The van der Waals surface area contributed by atoms with E-state index in [4.69, 9.17) is 4.74 Å². The molecule has 0 radical (unpaired) electrons. The van der Waals surface area contributed by atoms with Crippen molar-refractivity contribution >= 4 is 17.3 Å². The summed E-state index contributed by atoms with van der Waals surface area (Å²) >= 11 is 0. The van der Waals surface area contributed by atoms with Gasteiger partial charge >= 0.3 is 0 Å². The summed E-state index contributed by atoms with van der Waals surface area (Å²) in [7, 11) is 0. The number of rotatable bonds is 7. The van der Waals surface area contributed by atoms with Crippen molar-refractivity contribution in [2.75, 3.05) is 25.0 Å². The number of nitrogens with one attached hydrogen (secondary N) is 1. The third kappa shape index (κ3) is 4.45. The van der Waals surface area contributed by atoms with Crippen LogP contribution in [0.15, 0.2) is 42.6 Å². The van der Waals surface area contributed by atoms with Crippen LogP contribution in [0.4, 0.5) is 11.4 Å². The number of ether oxygens (including phenoxy) is 1. The van der Waals surface area contributed by atoms with Crippen molar-refractivity contribution in [2.45, 2.75) is 20.8 Å². The number of amides is 1. The fourth-order valence-corrected chi connectivity index (χ4v) is 2.23. The molecule has 5 nitrogen and oxygen atoms in total. The van der Waals surface area contributed by atoms with Crippen molar-refractivity contribution in [1.29, 1.82) is 0 Å². The van der Waals surface area contributed by atoms with Crippen molar-refractivity contribution in [1.82, 2.24) is 9.88 Å². The van der Waals surface area contributed by atoms with Crippen LogP contribution in [0.1, 0.15) is 31.3 Å². The minimum atomic E-state index is -0.0392. The van der Waals surface area contributed by atoms with E-state index in [1.54, 1.807) is 17.2 Å². The second kappa shape index (κ2) is 8.17. The van der Waals surface area contributed by atoms with Gasteiger partial charge in [-0.1, -0.05) is 0 Å². The van der Waals surface area contributed by atoms with Crippen molar-refractivity contribution in [2.24, 2.45) is 0 Å². The van der Waals surface area contributed by atoms with Gasteiger partial charge in [0, 0.05) is 18.8 Å². The van der Waals surface area contributed by atoms with Gasteiger partial charge in [-0.2, -0.15) is 0 Å². The maximum Gasteiger partial charge on any atom is 0.272 e. The van der Waals surface area contributed by atoms with Crippen LogP contribution >= 0.6 is 0 Å². The quantitative estimate of drug-likeness (QED) is 0.846. The normalized spacial score (nSPS) is 10.2. The van der Waals surface area contributed by atoms with Gasteiger partial charge < -0.3 is 15.0 Å². The molecule has 23 heavy (non-hydrogen) atoms. The third-order valence-electron chi connectivity index (χ3n) is 3.49. The zero-order chi connectivity index (χ0) is 16.7. The molecule has 0 fully saturated rings. The highest BCUT2D eigenvalue weighted by atomic mass is 16.5. The maximum absolute atomic E-state index is 12.2. The number of hydrogen-bond donors (Lipinski definition) is 1. The molecule has 0 saturated carbocycles. The molecule has 0 spiro atoms. The Kier molecular flexibility index (Phi) is 5.97. The van der Waals surface area contributed by atoms with E-state index in [9.17, 15) is 4.79 Å². The van der Waals surface area contributed by atoms with Crippen molar-refractivity contribution in [3.05, 3.63) is 48.3 Å². The Hall–Kier alpha value is -2.56. The van der Waals surface area contributed by atoms with Gasteiger partial charge in [-0.15, -0.1) is 0 Å². The monoisotopic (exact) mass is 313 g/mol. The van der Waals surface area contributed by atoms with E-state index in [0.717, 1.165) is 17.1 Å². The molecule has 0 aliphatic carbocycles. The van der Waals surface area contributed by atoms with Gasteiger partial charge in [0.2, 0.25) is 0 Å². The molecule has 0 unspecified atom stereocenters. The lowest BCUT2D eigenvalue weighted by Crippen LogP contribution is -2.31. The molecule has 1 aromatic carbocycles. The minimum Gasteiger partial charge on any atom is -0.494 e. The van der Waals surface area contributed by atoms with Gasteiger partial charge in [0.15, 0.2) is 0 Å². The molecule has 0 aliphatic heterocycles. The average Bonchev–Trinajstić information content (AvgIpc) is 2.58. The number of benzene rings is 1. The Labute approximate surface area is 137 Å². The summed E-state index contributed by atoms with van der Waals surface area (Å²) in [6, 6.07) is 11.3. The van der Waals surface area contributed by atoms with Gasteiger partial charge in [0.05, 0.1) is 18.5 Å². The first-order valence-corrected chi connectivity index (χ1v) is 7.93. The van der Waals surface area contributed by atoms with E-state index < -0.39 is 0 Å². The van der Waals surface area contributed by atoms with Gasteiger partial charge in [-0.3, -0.25) is 4.79 Å². The first kappa shape index (κ1) is 16.8. The summed E-state index contributed by atoms with van der Waals surface area (Å²) < 4.78 is 5.41. The van der Waals surface area contributed by atoms with Crippen molar-refractivity contribution < 1.29 is 9.53 Å². The van der Waals surface area contributed by atoms with E-state index in [2.05, 4.69) is 10.3 Å². The Morgan fingerprint density at radius 2 is 1.70 bits per heavy atom. The fraction of sp³-hybridized carbons (Fsp3) is 0.333. The molecule has 2 aromatic rings. The molecule has 0 saturated heterocycles. The second-order valence-electron chi connectivity index (χ2n) is 4.99. The number of anilines is 2. The summed E-state index contributed by atoms with van der Waals surface area (Å²) in [6.07, 6.45) is 1.67. The molecule has 122 valence electrons. The first-order valence-electron chi connectivity index (χ1n) is 7.93. The molecule has 0 aliphatic rings. The van der Waals surface area contributed by atoms with E-state index in [-0.39, 0.29) is 5.91 Å². The molecule has 0 atom stereocenters. The molecular weight excluding hydrogens is 290 g/mol. The highest BCUT2D eigenvalue weighted by Gasteiger charge is 2.13. The summed E-state index contributed by atoms with van der Waals surface area (Å²) in [5, 5.41) is 3.25. The first-order chi connectivity index (χ1) is 11.2. The zero-order valence-electron chi connectivity index (χ0n) is 13.9. The van der Waals surface area contributed by atoms with E-state index >= 15 is 0 Å². The molecule has 5 heteroatoms. The van der Waals surface area contributed by atoms with E-state index in [0.29, 0.717) is 25.4 Å². The number of hydrogen-bond acceptors (Lipinski definition) is 4. The fourth-order valence-electron chi connectivity index (χ4n) is 2.23. The summed E-state index contributed by atoms with van der Waals surface area (Å²) in [4.78, 5) is 18.2. The van der Waals surface area contributed by atoms with Crippen LogP contribution in [0.2, 0.25) is 0 Å². The molecule has 1 amide bonds. The number of carbonyl (C=O) groups excluding carboxylic acids is 1. The van der Waals surface area contributed by atoms with Crippen molar-refractivity contribution in [3.63, 3.8) is 0 Å². The largest absolute Gasteiger partial charge is 0.494 e. The Morgan fingerprint density at radius 3 is 2.22 bits per heavy atom. The van der Waals surface area contributed by atoms with Gasteiger partial charge in [0.1, 0.15) is 11.4 Å². The SMILES string of the molecule is CCOc1ccc(Nc2ccc(C(=O)N(CC)CC)nc2)cc1. The third-order valence-corrected chi connectivity index (χ3v) is 3.49. The highest BCUT2D eigenvalue weighted by Crippen LogP contribution is 2.20. The molecule has 2 rings (SSSR count). The highest BCUT2D eigenvalue weighted by molar-refractivity contribution is 5.92. The molecular formula is C18H23N3O2.